The summed E-state index contributed by atoms with van der Waals surface area (Å²) in [4.78, 5) is 16.4. The molecule has 2 N–H and O–H groups in total. The third kappa shape index (κ3) is 3.54. The van der Waals surface area contributed by atoms with E-state index in [4.69, 9.17) is 22.1 Å². The van der Waals surface area contributed by atoms with Gasteiger partial charge < -0.3 is 15.4 Å². The Morgan fingerprint density at radius 1 is 1.23 bits per heavy atom. The third-order valence-electron chi connectivity index (χ3n) is 4.38. The van der Waals surface area contributed by atoms with Crippen LogP contribution >= 0.6 is 11.6 Å². The van der Waals surface area contributed by atoms with Crippen molar-refractivity contribution in [2.75, 3.05) is 39.3 Å². The molecule has 0 aromatic heterocycles. The average Bonchev–Trinajstić information content (AvgIpc) is 3.28. The van der Waals surface area contributed by atoms with Gasteiger partial charge in [-0.25, -0.2) is 0 Å². The monoisotopic (exact) mass is 323 g/mol. The van der Waals surface area contributed by atoms with E-state index in [2.05, 4.69) is 4.90 Å². The Balaban J connectivity index is 1.39. The number of nitrogens with two attached hydrogens (primary N) is 1. The highest BCUT2D eigenvalue weighted by Gasteiger charge is 2.48. The average molecular weight is 324 g/mol. The smallest absolute Gasteiger partial charge is 0.242 e. The van der Waals surface area contributed by atoms with E-state index in [9.17, 15) is 4.79 Å². The number of para-hydroxylation sites is 1. The minimum atomic E-state index is -0.546. The summed E-state index contributed by atoms with van der Waals surface area (Å²) in [5.74, 6) is 0.844. The lowest BCUT2D eigenvalue weighted by Gasteiger charge is -2.35. The molecular weight excluding hydrogens is 302 g/mol. The molecule has 3 rings (SSSR count). The zero-order chi connectivity index (χ0) is 15.6. The van der Waals surface area contributed by atoms with Gasteiger partial charge in [0.15, 0.2) is 0 Å². The van der Waals surface area contributed by atoms with Crippen molar-refractivity contribution in [3.05, 3.63) is 29.3 Å². The van der Waals surface area contributed by atoms with E-state index in [0.29, 0.717) is 11.6 Å². The van der Waals surface area contributed by atoms with E-state index in [-0.39, 0.29) is 5.91 Å². The number of hydrogen-bond acceptors (Lipinski definition) is 4. The lowest BCUT2D eigenvalue weighted by atomic mass is 10.2. The van der Waals surface area contributed by atoms with Crippen LogP contribution in [0, 0.1) is 0 Å². The van der Waals surface area contributed by atoms with Crippen molar-refractivity contribution >= 4 is 17.5 Å². The number of hydrogen-bond donors (Lipinski definition) is 1. The van der Waals surface area contributed by atoms with Gasteiger partial charge in [0.1, 0.15) is 12.4 Å². The van der Waals surface area contributed by atoms with Crippen LogP contribution in [0.2, 0.25) is 5.02 Å². The van der Waals surface area contributed by atoms with Crippen LogP contribution in [0.3, 0.4) is 0 Å². The van der Waals surface area contributed by atoms with Crippen LogP contribution in [0.4, 0.5) is 0 Å². The minimum absolute atomic E-state index is 0.125. The molecule has 0 spiro atoms. The van der Waals surface area contributed by atoms with Crippen molar-refractivity contribution in [2.24, 2.45) is 5.73 Å². The van der Waals surface area contributed by atoms with Crippen LogP contribution in [0.1, 0.15) is 12.8 Å². The highest BCUT2D eigenvalue weighted by Crippen LogP contribution is 2.34. The van der Waals surface area contributed by atoms with E-state index < -0.39 is 5.54 Å². The molecule has 1 amide bonds. The van der Waals surface area contributed by atoms with Crippen LogP contribution in [0.5, 0.6) is 5.75 Å². The first-order chi connectivity index (χ1) is 10.6. The number of piperazine rings is 1. The number of amides is 1. The molecule has 1 aromatic rings. The summed E-state index contributed by atoms with van der Waals surface area (Å²) < 4.78 is 5.70. The fourth-order valence-electron chi connectivity index (χ4n) is 2.68. The zero-order valence-electron chi connectivity index (χ0n) is 12.6. The Morgan fingerprint density at radius 3 is 2.55 bits per heavy atom. The van der Waals surface area contributed by atoms with Gasteiger partial charge in [0.05, 0.1) is 10.6 Å². The number of carbonyl (C=O) groups is 1. The van der Waals surface area contributed by atoms with Crippen molar-refractivity contribution < 1.29 is 9.53 Å². The summed E-state index contributed by atoms with van der Waals surface area (Å²) in [5, 5.41) is 0.635. The second-order valence-corrected chi connectivity index (χ2v) is 6.48. The van der Waals surface area contributed by atoms with Gasteiger partial charge in [-0.1, -0.05) is 23.7 Å². The van der Waals surface area contributed by atoms with Gasteiger partial charge in [0.25, 0.3) is 0 Å². The largest absolute Gasteiger partial charge is 0.491 e. The van der Waals surface area contributed by atoms with Gasteiger partial charge in [-0.2, -0.15) is 0 Å². The van der Waals surface area contributed by atoms with Crippen molar-refractivity contribution in [1.29, 1.82) is 0 Å². The van der Waals surface area contributed by atoms with E-state index in [1.165, 1.54) is 0 Å². The molecule has 1 saturated heterocycles. The summed E-state index contributed by atoms with van der Waals surface area (Å²) >= 11 is 6.05. The van der Waals surface area contributed by atoms with Gasteiger partial charge in [-0.05, 0) is 25.0 Å². The maximum Gasteiger partial charge on any atom is 0.242 e. The molecule has 120 valence electrons. The molecule has 1 heterocycles. The number of rotatable bonds is 5. The fraction of sp³-hybridized carbons (Fsp3) is 0.562. The first-order valence-corrected chi connectivity index (χ1v) is 8.14. The predicted molar refractivity (Wildman–Crippen MR) is 86.1 cm³/mol. The standard InChI is InChI=1S/C16H22ClN3O2/c17-13-3-1-2-4-14(13)22-12-11-19-7-9-20(10-8-19)15(21)16(18)5-6-16/h1-4H,5-12,18H2. The van der Waals surface area contributed by atoms with Crippen molar-refractivity contribution in [1.82, 2.24) is 9.80 Å². The number of halogens is 1. The first-order valence-electron chi connectivity index (χ1n) is 7.76. The molecule has 1 saturated carbocycles. The SMILES string of the molecule is NC1(C(=O)N2CCN(CCOc3ccccc3Cl)CC2)CC1. The molecule has 1 aliphatic heterocycles. The number of benzene rings is 1. The Bertz CT molecular complexity index is 540. The van der Waals surface area contributed by atoms with Crippen molar-refractivity contribution in [2.45, 2.75) is 18.4 Å². The van der Waals surface area contributed by atoms with Gasteiger partial charge in [0.2, 0.25) is 5.91 Å². The molecule has 1 aliphatic carbocycles. The third-order valence-corrected chi connectivity index (χ3v) is 4.69. The second-order valence-electron chi connectivity index (χ2n) is 6.07. The van der Waals surface area contributed by atoms with Crippen molar-refractivity contribution in [3.63, 3.8) is 0 Å². The molecule has 0 bridgehead atoms. The van der Waals surface area contributed by atoms with Crippen LogP contribution in [0.15, 0.2) is 24.3 Å². The summed E-state index contributed by atoms with van der Waals surface area (Å²) in [5.41, 5.74) is 5.43. The molecule has 5 nitrogen and oxygen atoms in total. The van der Waals surface area contributed by atoms with Crippen LogP contribution in [0.25, 0.3) is 0 Å². The summed E-state index contributed by atoms with van der Waals surface area (Å²) in [6, 6.07) is 7.48. The van der Waals surface area contributed by atoms with E-state index >= 15 is 0 Å². The highest BCUT2D eigenvalue weighted by atomic mass is 35.5. The molecule has 0 atom stereocenters. The van der Waals surface area contributed by atoms with Crippen LogP contribution in [-0.2, 0) is 4.79 Å². The first kappa shape index (κ1) is 15.6. The molecule has 2 aliphatic rings. The van der Waals surface area contributed by atoms with E-state index in [1.807, 2.05) is 29.2 Å². The predicted octanol–water partition coefficient (Wildman–Crippen LogP) is 1.35. The summed E-state index contributed by atoms with van der Waals surface area (Å²) in [6.07, 6.45) is 1.66. The number of nitrogens with zero attached hydrogens (tertiary/aromatic N) is 2. The quantitative estimate of drug-likeness (QED) is 0.889. The molecule has 0 unspecified atom stereocenters. The normalized spacial score (nSPS) is 20.7. The maximum atomic E-state index is 12.2. The molecule has 2 fully saturated rings. The Hall–Kier alpha value is -1.30. The van der Waals surface area contributed by atoms with Crippen LogP contribution in [-0.4, -0.2) is 60.6 Å². The van der Waals surface area contributed by atoms with E-state index in [0.717, 1.165) is 51.3 Å². The van der Waals surface area contributed by atoms with Crippen LogP contribution < -0.4 is 10.5 Å². The van der Waals surface area contributed by atoms with Gasteiger partial charge in [-0.3, -0.25) is 9.69 Å². The number of carbonyl (C=O) groups excluding carboxylic acids is 1. The molecule has 0 radical (unpaired) electrons. The van der Waals surface area contributed by atoms with Gasteiger partial charge in [-0.15, -0.1) is 0 Å². The molecule has 22 heavy (non-hydrogen) atoms. The number of ether oxygens (including phenoxy) is 1. The maximum absolute atomic E-state index is 12.2. The fourth-order valence-corrected chi connectivity index (χ4v) is 2.87. The van der Waals surface area contributed by atoms with E-state index in [1.54, 1.807) is 0 Å². The summed E-state index contributed by atoms with van der Waals surface area (Å²) in [7, 11) is 0. The lowest BCUT2D eigenvalue weighted by molar-refractivity contribution is -0.135. The Morgan fingerprint density at radius 2 is 1.91 bits per heavy atom. The Labute approximate surface area is 136 Å². The Kier molecular flexibility index (Phi) is 4.57. The van der Waals surface area contributed by atoms with Gasteiger partial charge in [0, 0.05) is 32.7 Å². The highest BCUT2D eigenvalue weighted by molar-refractivity contribution is 6.32. The van der Waals surface area contributed by atoms with Crippen molar-refractivity contribution in [3.8, 4) is 5.75 Å². The molecular formula is C16H22ClN3O2. The second kappa shape index (κ2) is 6.44. The summed E-state index contributed by atoms with van der Waals surface area (Å²) in [6.45, 7) is 4.68. The molecule has 1 aromatic carbocycles. The topological polar surface area (TPSA) is 58.8 Å². The zero-order valence-corrected chi connectivity index (χ0v) is 13.4. The lowest BCUT2D eigenvalue weighted by Crippen LogP contribution is -2.54. The van der Waals surface area contributed by atoms with Gasteiger partial charge >= 0.3 is 0 Å². The minimum Gasteiger partial charge on any atom is -0.491 e. The molecule has 6 heteroatoms.